The lowest BCUT2D eigenvalue weighted by atomic mass is 9.91. The molecule has 0 aliphatic heterocycles. The van der Waals surface area contributed by atoms with Crippen molar-refractivity contribution >= 4 is 29.7 Å². The van der Waals surface area contributed by atoms with Crippen LogP contribution in [0.2, 0.25) is 0 Å². The number of aliphatic carboxylic acids is 1. The number of carbonyl (C=O) groups is 2. The smallest absolute Gasteiger partial charge is 0.331 e. The fourth-order valence-electron chi connectivity index (χ4n) is 4.09. The number of aldehydes is 1. The van der Waals surface area contributed by atoms with Crippen LogP contribution in [0, 0.1) is 5.92 Å². The number of carboxylic acid groups (broad SMARTS) is 1. The van der Waals surface area contributed by atoms with Gasteiger partial charge in [-0.05, 0) is 75.0 Å². The van der Waals surface area contributed by atoms with E-state index in [0.717, 1.165) is 59.6 Å². The van der Waals surface area contributed by atoms with Crippen molar-refractivity contribution in [2.24, 2.45) is 11.7 Å². The Hall–Kier alpha value is -3.55. The van der Waals surface area contributed by atoms with Gasteiger partial charge in [-0.1, -0.05) is 68.3 Å². The van der Waals surface area contributed by atoms with Crippen LogP contribution in [0.1, 0.15) is 81.1 Å². The van der Waals surface area contributed by atoms with Crippen LogP contribution in [0.3, 0.4) is 0 Å². The number of benzene rings is 1. The van der Waals surface area contributed by atoms with Crippen molar-refractivity contribution in [1.82, 2.24) is 4.98 Å². The fraction of sp³-hybridized carbons (Fsp3) is 0.364. The van der Waals surface area contributed by atoms with Crippen molar-refractivity contribution in [3.63, 3.8) is 0 Å². The monoisotopic (exact) mass is 562 g/mol. The lowest BCUT2D eigenvalue weighted by molar-refractivity contribution is -0.132. The molecule has 0 radical (unpaired) electrons. The van der Waals surface area contributed by atoms with E-state index in [-0.39, 0.29) is 11.6 Å². The van der Waals surface area contributed by atoms with Gasteiger partial charge in [0.1, 0.15) is 23.7 Å². The van der Waals surface area contributed by atoms with E-state index in [1.54, 1.807) is 19.1 Å². The van der Waals surface area contributed by atoms with E-state index in [4.69, 9.17) is 15.6 Å². The number of carbonyl (C=O) groups excluding carboxylic acids is 1. The number of rotatable bonds is 13. The summed E-state index contributed by atoms with van der Waals surface area (Å²) >= 11 is 1.51. The fourth-order valence-corrected chi connectivity index (χ4v) is 4.91. The van der Waals surface area contributed by atoms with E-state index < -0.39 is 5.97 Å². The van der Waals surface area contributed by atoms with Crippen LogP contribution >= 0.6 is 11.3 Å². The molecule has 3 rings (SSSR count). The molecule has 1 aliphatic carbocycles. The molecule has 6 nitrogen and oxygen atoms in total. The maximum atomic E-state index is 10.9. The summed E-state index contributed by atoms with van der Waals surface area (Å²) in [5.41, 5.74) is 9.32. The van der Waals surface area contributed by atoms with Gasteiger partial charge < -0.3 is 20.4 Å². The zero-order valence-corrected chi connectivity index (χ0v) is 24.4. The van der Waals surface area contributed by atoms with Gasteiger partial charge >= 0.3 is 5.97 Å². The van der Waals surface area contributed by atoms with Crippen molar-refractivity contribution in [1.29, 1.82) is 0 Å². The zero-order valence-electron chi connectivity index (χ0n) is 23.6. The topological polar surface area (TPSA) is 103 Å². The largest absolute Gasteiger partial charge is 0.489 e. The molecule has 3 N–H and O–H groups in total. The number of nitrogens with two attached hydrogens (primary N) is 1. The van der Waals surface area contributed by atoms with Gasteiger partial charge in [-0.3, -0.25) is 0 Å². The van der Waals surface area contributed by atoms with Gasteiger partial charge in [0, 0.05) is 16.9 Å². The van der Waals surface area contributed by atoms with E-state index >= 15 is 0 Å². The normalized spacial score (nSPS) is 15.7. The summed E-state index contributed by atoms with van der Waals surface area (Å²) in [6.07, 6.45) is 19.8. The maximum absolute atomic E-state index is 10.9. The zero-order chi connectivity index (χ0) is 29.2. The number of nitrogens with zero attached hydrogens (tertiary/aromatic N) is 1. The van der Waals surface area contributed by atoms with E-state index in [9.17, 15) is 9.59 Å². The molecule has 1 aliphatic rings. The highest BCUT2D eigenvalue weighted by molar-refractivity contribution is 7.09. The minimum absolute atomic E-state index is 0.166. The van der Waals surface area contributed by atoms with Gasteiger partial charge in [-0.15, -0.1) is 11.3 Å². The minimum Gasteiger partial charge on any atom is -0.489 e. The molecular weight excluding hydrogens is 520 g/mol. The lowest BCUT2D eigenvalue weighted by Crippen LogP contribution is -2.09. The van der Waals surface area contributed by atoms with Crippen molar-refractivity contribution in [3.05, 3.63) is 106 Å². The quantitative estimate of drug-likeness (QED) is 0.111. The molecule has 1 unspecified atom stereocenters. The Kier molecular flexibility index (Phi) is 15.3. The van der Waals surface area contributed by atoms with Crippen molar-refractivity contribution in [2.45, 2.75) is 71.4 Å². The van der Waals surface area contributed by atoms with Crippen LogP contribution in [-0.4, -0.2) is 22.3 Å². The second-order valence-electron chi connectivity index (χ2n) is 9.83. The molecule has 1 atom stereocenters. The number of hydrogen-bond donors (Lipinski definition) is 2. The molecule has 214 valence electrons. The number of aromatic nitrogens is 1. The molecule has 2 aromatic rings. The first-order chi connectivity index (χ1) is 19.3. The molecular formula is C33H42N2O4S. The highest BCUT2D eigenvalue weighted by Gasteiger charge is 2.11. The molecule has 1 aromatic heterocycles. The number of hydrogen-bond acceptors (Lipinski definition) is 6. The first-order valence-electron chi connectivity index (χ1n) is 13.7. The van der Waals surface area contributed by atoms with Crippen LogP contribution in [0.5, 0.6) is 0 Å². The van der Waals surface area contributed by atoms with E-state index in [2.05, 4.69) is 11.6 Å². The molecule has 1 aromatic carbocycles. The van der Waals surface area contributed by atoms with Crippen molar-refractivity contribution in [2.75, 3.05) is 0 Å². The summed E-state index contributed by atoms with van der Waals surface area (Å²) in [6, 6.07) is 9.84. The molecule has 40 heavy (non-hydrogen) atoms. The SMILES string of the molecule is C=C/C=C(\C=C/CCC(N)c1nc(/C=C(C)/C=C(\C)C(=O)O)cs1)OCc1ccccc1.O=CC1CCCCC1. The summed E-state index contributed by atoms with van der Waals surface area (Å²) in [5, 5.41) is 11.8. The van der Waals surface area contributed by atoms with Gasteiger partial charge in [0.2, 0.25) is 0 Å². The van der Waals surface area contributed by atoms with Crippen molar-refractivity contribution in [3.8, 4) is 0 Å². The lowest BCUT2D eigenvalue weighted by Gasteiger charge is -2.14. The Morgan fingerprint density at radius 2 is 1.95 bits per heavy atom. The Balaban J connectivity index is 0.000000598. The second kappa shape index (κ2) is 18.7. The number of carboxylic acids is 1. The van der Waals surface area contributed by atoms with Gasteiger partial charge in [0.15, 0.2) is 0 Å². The van der Waals surface area contributed by atoms with Gasteiger partial charge in [-0.2, -0.15) is 0 Å². The Morgan fingerprint density at radius 1 is 1.23 bits per heavy atom. The molecule has 1 fully saturated rings. The molecule has 0 bridgehead atoms. The average molecular weight is 563 g/mol. The van der Waals surface area contributed by atoms with E-state index in [1.165, 1.54) is 30.6 Å². The molecule has 0 spiro atoms. The molecule has 0 amide bonds. The third-order valence-electron chi connectivity index (χ3n) is 6.31. The highest BCUT2D eigenvalue weighted by atomic mass is 32.1. The summed E-state index contributed by atoms with van der Waals surface area (Å²) in [6.45, 7) is 7.66. The predicted octanol–water partition coefficient (Wildman–Crippen LogP) is 7.97. The standard InChI is InChI=1S/C26H30N2O3S.C7H12O/c1-4-10-23(31-17-21-11-6-5-7-12-21)13-8-9-14-24(27)25-28-22(18-32-25)16-19(2)15-20(3)26(29)30;8-6-7-4-2-1-3-5-7/h4-8,10-13,15-16,18,24H,1,9,14,17,27H2,2-3H3,(H,29,30);6-7H,1-5H2/b13-8-,19-16+,20-15+,23-10+;. The summed E-state index contributed by atoms with van der Waals surface area (Å²) in [5.74, 6) is 0.228. The molecule has 1 saturated carbocycles. The van der Waals surface area contributed by atoms with Crippen molar-refractivity contribution < 1.29 is 19.4 Å². The average Bonchev–Trinajstić information content (AvgIpc) is 3.43. The van der Waals surface area contributed by atoms with E-state index in [0.29, 0.717) is 12.5 Å². The van der Waals surface area contributed by atoms with Crippen LogP contribution in [-0.2, 0) is 20.9 Å². The van der Waals surface area contributed by atoms with Crippen LogP contribution in [0.15, 0.2) is 89.6 Å². The third kappa shape index (κ3) is 13.0. The Labute approximate surface area is 242 Å². The second-order valence-corrected chi connectivity index (χ2v) is 10.7. The molecule has 0 saturated heterocycles. The predicted molar refractivity (Wildman–Crippen MR) is 165 cm³/mol. The maximum Gasteiger partial charge on any atom is 0.331 e. The van der Waals surface area contributed by atoms with Gasteiger partial charge in [-0.25, -0.2) is 9.78 Å². The van der Waals surface area contributed by atoms with Gasteiger partial charge in [0.05, 0.1) is 11.7 Å². The van der Waals surface area contributed by atoms with Crippen LogP contribution in [0.25, 0.3) is 6.08 Å². The Morgan fingerprint density at radius 3 is 2.58 bits per heavy atom. The first kappa shape index (κ1) is 32.7. The summed E-state index contributed by atoms with van der Waals surface area (Å²) in [4.78, 5) is 25.7. The molecule has 1 heterocycles. The molecule has 7 heteroatoms. The number of thiazole rings is 1. The van der Waals surface area contributed by atoms with E-state index in [1.807, 2.05) is 66.9 Å². The third-order valence-corrected chi connectivity index (χ3v) is 7.31. The summed E-state index contributed by atoms with van der Waals surface area (Å²) < 4.78 is 5.86. The van der Waals surface area contributed by atoms with Crippen LogP contribution in [0.4, 0.5) is 0 Å². The first-order valence-corrected chi connectivity index (χ1v) is 14.6. The van der Waals surface area contributed by atoms with Crippen LogP contribution < -0.4 is 5.73 Å². The number of allylic oxidation sites excluding steroid dienone is 6. The Bertz CT molecular complexity index is 1190. The highest BCUT2D eigenvalue weighted by Crippen LogP contribution is 2.23. The number of ether oxygens (including phenoxy) is 1. The summed E-state index contributed by atoms with van der Waals surface area (Å²) in [7, 11) is 0. The van der Waals surface area contributed by atoms with Gasteiger partial charge in [0.25, 0.3) is 0 Å². The minimum atomic E-state index is -0.927.